The lowest BCUT2D eigenvalue weighted by Gasteiger charge is -2.25. The second kappa shape index (κ2) is 8.89. The maximum Gasteiger partial charge on any atom is 0.215 e. The second-order valence-electron chi connectivity index (χ2n) is 8.15. The third kappa shape index (κ3) is 4.25. The lowest BCUT2D eigenvalue weighted by atomic mass is 10.1. The molecule has 1 aromatic heterocycles. The van der Waals surface area contributed by atoms with E-state index in [1.54, 1.807) is 19.2 Å². The number of fused-ring (bicyclic) bond motifs is 1. The Bertz CT molecular complexity index is 1280. The minimum absolute atomic E-state index is 0.244. The van der Waals surface area contributed by atoms with E-state index in [0.29, 0.717) is 0 Å². The van der Waals surface area contributed by atoms with Gasteiger partial charge in [-0.1, -0.05) is 30.3 Å². The van der Waals surface area contributed by atoms with Crippen molar-refractivity contribution in [3.8, 4) is 22.8 Å². The van der Waals surface area contributed by atoms with Crippen molar-refractivity contribution in [2.24, 2.45) is 0 Å². The normalized spacial score (nSPS) is 14.6. The number of piperazine rings is 1. The van der Waals surface area contributed by atoms with E-state index >= 15 is 0 Å². The summed E-state index contributed by atoms with van der Waals surface area (Å²) in [6.07, 6.45) is 0. The molecule has 0 aliphatic carbocycles. The second-order valence-corrected chi connectivity index (χ2v) is 8.15. The molecule has 0 amide bonds. The SMILES string of the molecule is COc1ccc(-c2cc(=[N+]3CCN(Cc4ccccc4)CC3)c3cc(O)ccc3o2)cc1. The number of aromatic hydroxyl groups is 1. The molecule has 1 saturated heterocycles. The van der Waals surface area contributed by atoms with Crippen molar-refractivity contribution in [1.82, 2.24) is 9.48 Å². The van der Waals surface area contributed by atoms with Gasteiger partial charge in [0.25, 0.3) is 0 Å². The molecular formula is C27H27N2O3+. The molecule has 5 nitrogen and oxygen atoms in total. The molecule has 1 N–H and O–H groups in total. The van der Waals surface area contributed by atoms with E-state index in [9.17, 15) is 5.11 Å². The summed E-state index contributed by atoms with van der Waals surface area (Å²) >= 11 is 0. The van der Waals surface area contributed by atoms with Crippen LogP contribution in [0.3, 0.4) is 0 Å². The summed E-state index contributed by atoms with van der Waals surface area (Å²) in [5.74, 6) is 1.86. The first-order chi connectivity index (χ1) is 15.7. The van der Waals surface area contributed by atoms with Crippen molar-refractivity contribution in [3.05, 3.63) is 89.8 Å². The van der Waals surface area contributed by atoms with Crippen molar-refractivity contribution in [2.45, 2.75) is 6.54 Å². The molecule has 0 unspecified atom stereocenters. The zero-order chi connectivity index (χ0) is 21.9. The summed E-state index contributed by atoms with van der Waals surface area (Å²) in [6, 6.07) is 25.9. The molecule has 0 bridgehead atoms. The largest absolute Gasteiger partial charge is 0.508 e. The monoisotopic (exact) mass is 427 g/mol. The molecule has 1 fully saturated rings. The highest BCUT2D eigenvalue weighted by Crippen LogP contribution is 2.26. The lowest BCUT2D eigenvalue weighted by Crippen LogP contribution is -2.47. The summed E-state index contributed by atoms with van der Waals surface area (Å²) in [5, 5.41) is 12.1. The van der Waals surface area contributed by atoms with Crippen molar-refractivity contribution in [2.75, 3.05) is 33.3 Å². The van der Waals surface area contributed by atoms with Crippen molar-refractivity contribution in [3.63, 3.8) is 0 Å². The number of ether oxygens (including phenoxy) is 1. The Kier molecular flexibility index (Phi) is 5.65. The first kappa shape index (κ1) is 20.3. The minimum Gasteiger partial charge on any atom is -0.508 e. The average molecular weight is 428 g/mol. The molecular weight excluding hydrogens is 400 g/mol. The van der Waals surface area contributed by atoms with E-state index in [-0.39, 0.29) is 5.75 Å². The van der Waals surface area contributed by atoms with Crippen LogP contribution in [0.2, 0.25) is 0 Å². The predicted molar refractivity (Wildman–Crippen MR) is 127 cm³/mol. The van der Waals surface area contributed by atoms with Gasteiger partial charge in [-0.05, 0) is 48.0 Å². The fourth-order valence-corrected chi connectivity index (χ4v) is 4.30. The molecule has 1 aliphatic rings. The number of methoxy groups -OCH3 is 1. The molecule has 0 atom stereocenters. The van der Waals surface area contributed by atoms with Crippen molar-refractivity contribution < 1.29 is 14.3 Å². The first-order valence-corrected chi connectivity index (χ1v) is 10.9. The summed E-state index contributed by atoms with van der Waals surface area (Å²) in [5.41, 5.74) is 3.10. The predicted octanol–water partition coefficient (Wildman–Crippen LogP) is 4.10. The Morgan fingerprint density at radius 2 is 1.69 bits per heavy atom. The standard InChI is InChI=1S/C27H26N2O3/c1-31-23-10-7-21(8-11-23)27-18-25(24-17-22(30)9-12-26(24)32-27)29-15-13-28(14-16-29)19-20-5-3-2-4-6-20/h2-12,17-18H,13-16,19H2,1H3/p+1. The van der Waals surface area contributed by atoms with Crippen LogP contribution >= 0.6 is 0 Å². The molecule has 3 aromatic carbocycles. The van der Waals surface area contributed by atoms with Crippen LogP contribution in [-0.4, -0.2) is 43.3 Å². The fourth-order valence-electron chi connectivity index (χ4n) is 4.30. The smallest absolute Gasteiger partial charge is 0.215 e. The lowest BCUT2D eigenvalue weighted by molar-refractivity contribution is 0.215. The van der Waals surface area contributed by atoms with Crippen LogP contribution < -0.4 is 14.7 Å². The number of hydrogen-bond donors (Lipinski definition) is 1. The molecule has 2 heterocycles. The zero-order valence-corrected chi connectivity index (χ0v) is 18.2. The number of benzene rings is 3. The third-order valence-corrected chi connectivity index (χ3v) is 6.06. The number of phenolic OH excluding ortho intramolecular Hbond substituents is 1. The van der Waals surface area contributed by atoms with E-state index < -0.39 is 0 Å². The quantitative estimate of drug-likeness (QED) is 0.498. The Hall–Kier alpha value is -3.57. The number of phenols is 1. The van der Waals surface area contributed by atoms with E-state index in [1.165, 1.54) is 5.56 Å². The van der Waals surface area contributed by atoms with Gasteiger partial charge in [0.05, 0.1) is 31.7 Å². The molecule has 0 spiro atoms. The molecule has 0 radical (unpaired) electrons. The van der Waals surface area contributed by atoms with Gasteiger partial charge < -0.3 is 14.3 Å². The highest BCUT2D eigenvalue weighted by molar-refractivity contribution is 5.80. The van der Waals surface area contributed by atoms with E-state index in [4.69, 9.17) is 9.15 Å². The Morgan fingerprint density at radius 3 is 2.41 bits per heavy atom. The van der Waals surface area contributed by atoms with Crippen LogP contribution in [0.1, 0.15) is 5.56 Å². The third-order valence-electron chi connectivity index (χ3n) is 6.06. The van der Waals surface area contributed by atoms with Gasteiger partial charge >= 0.3 is 0 Å². The maximum atomic E-state index is 10.1. The van der Waals surface area contributed by atoms with Crippen LogP contribution in [0.4, 0.5) is 0 Å². The molecule has 5 heteroatoms. The Labute approximate surface area is 187 Å². The fraction of sp³-hybridized carbons (Fsp3) is 0.222. The van der Waals surface area contributed by atoms with E-state index in [2.05, 4.69) is 45.9 Å². The summed E-state index contributed by atoms with van der Waals surface area (Å²) < 4.78 is 13.9. The highest BCUT2D eigenvalue weighted by atomic mass is 16.5. The van der Waals surface area contributed by atoms with Gasteiger partial charge in [0.1, 0.15) is 22.8 Å². The van der Waals surface area contributed by atoms with Crippen LogP contribution in [0.25, 0.3) is 22.3 Å². The average Bonchev–Trinajstić information content (AvgIpc) is 2.85. The molecule has 5 rings (SSSR count). The minimum atomic E-state index is 0.244. The van der Waals surface area contributed by atoms with Gasteiger partial charge in [-0.2, -0.15) is 0 Å². The van der Waals surface area contributed by atoms with E-state index in [0.717, 1.165) is 66.1 Å². The van der Waals surface area contributed by atoms with Crippen LogP contribution in [0.15, 0.2) is 83.3 Å². The molecule has 0 saturated carbocycles. The zero-order valence-electron chi connectivity index (χ0n) is 18.2. The van der Waals surface area contributed by atoms with Crippen LogP contribution in [0.5, 0.6) is 11.5 Å². The topological polar surface area (TPSA) is 48.9 Å². The molecule has 4 aromatic rings. The van der Waals surface area contributed by atoms with Crippen LogP contribution in [-0.2, 0) is 6.54 Å². The number of rotatable bonds is 4. The van der Waals surface area contributed by atoms with Gasteiger partial charge in [-0.25, -0.2) is 4.58 Å². The molecule has 1 aliphatic heterocycles. The first-order valence-electron chi connectivity index (χ1n) is 10.9. The van der Waals surface area contributed by atoms with Crippen LogP contribution in [0, 0.1) is 0 Å². The number of nitrogens with zero attached hydrogens (tertiary/aromatic N) is 2. The summed E-state index contributed by atoms with van der Waals surface area (Å²) in [7, 11) is 1.66. The van der Waals surface area contributed by atoms with Gasteiger partial charge in [0.2, 0.25) is 5.36 Å². The number of hydrogen-bond acceptors (Lipinski definition) is 4. The summed E-state index contributed by atoms with van der Waals surface area (Å²) in [6.45, 7) is 4.78. The van der Waals surface area contributed by atoms with Gasteiger partial charge in [0.15, 0.2) is 13.1 Å². The highest BCUT2D eigenvalue weighted by Gasteiger charge is 2.21. The van der Waals surface area contributed by atoms with Gasteiger partial charge in [0, 0.05) is 12.1 Å². The Morgan fingerprint density at radius 1 is 0.938 bits per heavy atom. The summed E-state index contributed by atoms with van der Waals surface area (Å²) in [4.78, 5) is 2.49. The van der Waals surface area contributed by atoms with Crippen molar-refractivity contribution in [1.29, 1.82) is 0 Å². The van der Waals surface area contributed by atoms with Gasteiger partial charge in [-0.15, -0.1) is 0 Å². The molecule has 32 heavy (non-hydrogen) atoms. The maximum absolute atomic E-state index is 10.1. The van der Waals surface area contributed by atoms with Gasteiger partial charge in [-0.3, -0.25) is 4.90 Å². The van der Waals surface area contributed by atoms with Crippen molar-refractivity contribution >= 4 is 11.0 Å². The molecule has 162 valence electrons. The van der Waals surface area contributed by atoms with E-state index in [1.807, 2.05) is 30.3 Å². The Balaban J connectivity index is 1.52.